The molecular formula is C21H24N2O9. The van der Waals surface area contributed by atoms with Crippen molar-refractivity contribution >= 4 is 23.6 Å². The van der Waals surface area contributed by atoms with Crippen molar-refractivity contribution in [2.75, 3.05) is 20.6 Å². The number of esters is 2. The number of carbonyl (C=O) groups excluding carboxylic acids is 2. The summed E-state index contributed by atoms with van der Waals surface area (Å²) in [7, 11) is 1.41. The second kappa shape index (κ2) is 10.5. The first kappa shape index (κ1) is 24.5. The number of allylic oxidation sites excluding steroid dienone is 2. The highest BCUT2D eigenvalue weighted by Gasteiger charge is 2.40. The van der Waals surface area contributed by atoms with Crippen molar-refractivity contribution in [3.8, 4) is 0 Å². The Hall–Kier alpha value is -3.73. The van der Waals surface area contributed by atoms with E-state index in [9.17, 15) is 29.6 Å². The highest BCUT2D eigenvalue weighted by Crippen LogP contribution is 2.43. The molecule has 0 bridgehead atoms. The maximum Gasteiger partial charge on any atom is 0.339 e. The number of carbonyl (C=O) groups is 3. The van der Waals surface area contributed by atoms with Crippen molar-refractivity contribution in [1.29, 1.82) is 0 Å². The van der Waals surface area contributed by atoms with Crippen molar-refractivity contribution < 1.29 is 38.6 Å². The van der Waals surface area contributed by atoms with Gasteiger partial charge < -0.3 is 24.2 Å². The molecular weight excluding hydrogens is 424 g/mol. The second-order valence-corrected chi connectivity index (χ2v) is 6.85. The monoisotopic (exact) mass is 448 g/mol. The molecule has 11 nitrogen and oxygen atoms in total. The Morgan fingerprint density at radius 2 is 1.81 bits per heavy atom. The Morgan fingerprint density at radius 1 is 1.16 bits per heavy atom. The number of nitrogens with zero attached hydrogens (tertiary/aromatic N) is 2. The van der Waals surface area contributed by atoms with E-state index in [1.54, 1.807) is 20.8 Å². The predicted molar refractivity (Wildman–Crippen MR) is 110 cm³/mol. The van der Waals surface area contributed by atoms with Gasteiger partial charge in [-0.25, -0.2) is 9.59 Å². The summed E-state index contributed by atoms with van der Waals surface area (Å²) in [5.41, 5.74) is 0.403. The third-order valence-corrected chi connectivity index (χ3v) is 4.99. The van der Waals surface area contributed by atoms with Gasteiger partial charge in [-0.15, -0.1) is 0 Å². The van der Waals surface area contributed by atoms with Gasteiger partial charge in [0.2, 0.25) is 6.79 Å². The number of ether oxygens (including phenoxy) is 3. The minimum absolute atomic E-state index is 0.0439. The summed E-state index contributed by atoms with van der Waals surface area (Å²) in [5.74, 6) is -3.97. The number of hydrogen-bond acceptors (Lipinski definition) is 9. The van der Waals surface area contributed by atoms with Gasteiger partial charge in [-0.3, -0.25) is 14.9 Å². The third-order valence-electron chi connectivity index (χ3n) is 4.99. The van der Waals surface area contributed by atoms with Gasteiger partial charge >= 0.3 is 17.9 Å². The molecule has 1 atom stereocenters. The van der Waals surface area contributed by atoms with Crippen LogP contribution in [0, 0.1) is 10.1 Å². The molecule has 1 aliphatic heterocycles. The summed E-state index contributed by atoms with van der Waals surface area (Å²) >= 11 is 0. The number of non-ortho nitro benzene ring substituents is 1. The molecule has 1 aliphatic rings. The Balaban J connectivity index is 2.63. The first-order valence-corrected chi connectivity index (χ1v) is 9.62. The smallest absolute Gasteiger partial charge is 0.339 e. The maximum absolute atomic E-state index is 13.0. The van der Waals surface area contributed by atoms with Crippen LogP contribution in [0.1, 0.15) is 38.7 Å². The zero-order valence-corrected chi connectivity index (χ0v) is 18.1. The number of carboxylic acids is 1. The molecule has 1 aromatic rings. The summed E-state index contributed by atoms with van der Waals surface area (Å²) in [4.78, 5) is 48.7. The zero-order chi connectivity index (χ0) is 24.0. The van der Waals surface area contributed by atoms with E-state index in [-0.39, 0.29) is 35.5 Å². The van der Waals surface area contributed by atoms with Crippen LogP contribution in [-0.4, -0.2) is 53.5 Å². The van der Waals surface area contributed by atoms with Crippen molar-refractivity contribution in [1.82, 2.24) is 4.90 Å². The van der Waals surface area contributed by atoms with Gasteiger partial charge in [-0.2, -0.15) is 0 Å². The van der Waals surface area contributed by atoms with Crippen molar-refractivity contribution in [2.24, 2.45) is 0 Å². The average molecular weight is 448 g/mol. The van der Waals surface area contributed by atoms with E-state index in [1.165, 1.54) is 36.3 Å². The van der Waals surface area contributed by atoms with Gasteiger partial charge in [0.1, 0.15) is 6.73 Å². The predicted octanol–water partition coefficient (Wildman–Crippen LogP) is 2.68. The summed E-state index contributed by atoms with van der Waals surface area (Å²) in [6.45, 7) is 4.02. The summed E-state index contributed by atoms with van der Waals surface area (Å²) in [6.07, 6.45) is 0.0856. The molecule has 11 heteroatoms. The first-order valence-electron chi connectivity index (χ1n) is 9.62. The molecule has 0 unspecified atom stereocenters. The van der Waals surface area contributed by atoms with Crippen LogP contribution in [-0.2, 0) is 28.6 Å². The van der Waals surface area contributed by atoms with E-state index in [0.717, 1.165) is 0 Å². The van der Waals surface area contributed by atoms with Gasteiger partial charge in [-0.1, -0.05) is 19.1 Å². The van der Waals surface area contributed by atoms with E-state index in [1.807, 2.05) is 0 Å². The fraction of sp³-hybridized carbons (Fsp3) is 0.381. The number of nitro groups is 1. The van der Waals surface area contributed by atoms with Crippen LogP contribution in [0.15, 0.2) is 46.8 Å². The summed E-state index contributed by atoms with van der Waals surface area (Å²) < 4.78 is 15.0. The SMILES string of the molecule is CCC(=O)OCOC(=O)C1=C(C)N(COC)C(C)=C(C(=O)O)[C@H]1c1cccc([N+](=O)[O-])c1. The lowest BCUT2D eigenvalue weighted by molar-refractivity contribution is -0.384. The quantitative estimate of drug-likeness (QED) is 0.259. The summed E-state index contributed by atoms with van der Waals surface area (Å²) in [5, 5.41) is 21.2. The topological polar surface area (TPSA) is 146 Å². The highest BCUT2D eigenvalue weighted by atomic mass is 16.7. The number of nitro benzene ring substituents is 1. The lowest BCUT2D eigenvalue weighted by Crippen LogP contribution is -2.36. The molecule has 1 N–H and O–H groups in total. The molecule has 0 fully saturated rings. The molecule has 0 saturated heterocycles. The fourth-order valence-electron chi connectivity index (χ4n) is 3.45. The second-order valence-electron chi connectivity index (χ2n) is 6.85. The lowest BCUT2D eigenvalue weighted by Gasteiger charge is -2.36. The molecule has 0 saturated carbocycles. The van der Waals surface area contributed by atoms with E-state index >= 15 is 0 Å². The number of aliphatic carboxylic acids is 1. The van der Waals surface area contributed by atoms with Crippen LogP contribution >= 0.6 is 0 Å². The number of carboxylic acid groups (broad SMARTS) is 1. The van der Waals surface area contributed by atoms with Crippen LogP contribution in [0.3, 0.4) is 0 Å². The molecule has 1 aromatic carbocycles. The average Bonchev–Trinajstić information content (AvgIpc) is 2.75. The molecule has 0 amide bonds. The molecule has 0 spiro atoms. The molecule has 32 heavy (non-hydrogen) atoms. The largest absolute Gasteiger partial charge is 0.478 e. The fourth-order valence-corrected chi connectivity index (χ4v) is 3.45. The van der Waals surface area contributed by atoms with Crippen molar-refractivity contribution in [2.45, 2.75) is 33.1 Å². The van der Waals surface area contributed by atoms with Crippen LogP contribution < -0.4 is 0 Å². The van der Waals surface area contributed by atoms with Crippen LogP contribution in [0.5, 0.6) is 0 Å². The zero-order valence-electron chi connectivity index (χ0n) is 18.1. The van der Waals surface area contributed by atoms with E-state index in [2.05, 4.69) is 0 Å². The Bertz CT molecular complexity index is 997. The standard InChI is InChI=1S/C21H24N2O9/c1-5-16(24)31-11-32-21(27)18-13(3)22(10-30-4)12(2)17(20(25)26)19(18)14-7-6-8-15(9-14)23(28)29/h6-9,19H,5,10-11H2,1-4H3,(H,25,26)/t19-/m1/s1. The molecule has 0 aliphatic carbocycles. The minimum Gasteiger partial charge on any atom is -0.478 e. The Labute approximate surface area is 184 Å². The van der Waals surface area contributed by atoms with E-state index in [0.29, 0.717) is 11.4 Å². The molecule has 1 heterocycles. The van der Waals surface area contributed by atoms with Crippen molar-refractivity contribution in [3.05, 3.63) is 62.5 Å². The third kappa shape index (κ3) is 5.11. The van der Waals surface area contributed by atoms with Gasteiger partial charge in [0, 0.05) is 37.1 Å². The summed E-state index contributed by atoms with van der Waals surface area (Å²) in [6, 6.07) is 5.38. The highest BCUT2D eigenvalue weighted by molar-refractivity contribution is 5.99. The molecule has 0 radical (unpaired) electrons. The number of hydrogen-bond donors (Lipinski definition) is 1. The van der Waals surface area contributed by atoms with Crippen LogP contribution in [0.25, 0.3) is 0 Å². The number of rotatable bonds is 9. The van der Waals surface area contributed by atoms with Crippen molar-refractivity contribution in [3.63, 3.8) is 0 Å². The molecule has 172 valence electrons. The molecule has 2 rings (SSSR count). The Kier molecular flexibility index (Phi) is 8.08. The number of methoxy groups -OCH3 is 1. The van der Waals surface area contributed by atoms with Gasteiger partial charge in [-0.05, 0) is 19.4 Å². The van der Waals surface area contributed by atoms with Gasteiger partial charge in [0.25, 0.3) is 5.69 Å². The minimum atomic E-state index is -1.31. The van der Waals surface area contributed by atoms with Gasteiger partial charge in [0.05, 0.1) is 22.0 Å². The van der Waals surface area contributed by atoms with Gasteiger partial charge in [0.15, 0.2) is 0 Å². The Morgan fingerprint density at radius 3 is 2.38 bits per heavy atom. The maximum atomic E-state index is 13.0. The lowest BCUT2D eigenvalue weighted by atomic mass is 9.79. The van der Waals surface area contributed by atoms with Crippen LogP contribution in [0.4, 0.5) is 5.69 Å². The number of benzene rings is 1. The van der Waals surface area contributed by atoms with E-state index in [4.69, 9.17) is 14.2 Å². The molecule has 0 aromatic heterocycles. The first-order chi connectivity index (χ1) is 15.1. The van der Waals surface area contributed by atoms with E-state index < -0.39 is 35.5 Å². The normalized spacial score (nSPS) is 16.1. The van der Waals surface area contributed by atoms with Crippen LogP contribution in [0.2, 0.25) is 0 Å².